The van der Waals surface area contributed by atoms with Gasteiger partial charge in [-0.25, -0.2) is 9.13 Å². The Morgan fingerprint density at radius 3 is 0.615 bits per heavy atom. The van der Waals surface area contributed by atoms with Crippen LogP contribution in [0.25, 0.3) is 0 Å². The Kier molecular flexibility index (Phi) is 70.0. The fourth-order valence-corrected chi connectivity index (χ4v) is 13.5. The predicted octanol–water partition coefficient (Wildman–Crippen LogP) is 23.0. The number of phosphoric ester groups is 2. The summed E-state index contributed by atoms with van der Waals surface area (Å²) in [5.41, 5.74) is 0. The zero-order valence-corrected chi connectivity index (χ0v) is 64.1. The first-order chi connectivity index (χ1) is 46.7. The van der Waals surface area contributed by atoms with E-state index in [0.29, 0.717) is 25.7 Å². The maximum atomic E-state index is 13.1. The molecule has 0 rings (SSSR count). The largest absolute Gasteiger partial charge is 0.472 e. The van der Waals surface area contributed by atoms with E-state index in [-0.39, 0.29) is 25.7 Å². The summed E-state index contributed by atoms with van der Waals surface area (Å²) >= 11 is 0. The van der Waals surface area contributed by atoms with Crippen LogP contribution >= 0.6 is 15.6 Å². The Balaban J connectivity index is 5.26. The lowest BCUT2D eigenvalue weighted by Gasteiger charge is -2.21. The average Bonchev–Trinajstić information content (AvgIpc) is 1.14. The highest BCUT2D eigenvalue weighted by Gasteiger charge is 2.30. The molecule has 96 heavy (non-hydrogen) atoms. The standard InChI is InChI=1S/C77H150O17P2/c1-5-9-13-17-21-25-29-33-36-39-42-46-50-54-58-62-75(80)88-68-73(94-77(82)64-60-56-52-48-44-40-37-34-30-26-22-18-14-10-6-2)70-92-96(85,86)90-66-71(78)65-89-95(83,84)91-69-72(67-87-74(79)61-57-53-49-45-41-32-28-24-20-16-12-8-4)93-76(81)63-59-55-51-47-43-38-35-31-27-23-19-15-11-7-3/h71-73,78H,5-70H2,1-4H3,(H,83,84)(H,85,86)/t71-,72+,73+/m0/s1. The van der Waals surface area contributed by atoms with Crippen molar-refractivity contribution in [3.05, 3.63) is 0 Å². The van der Waals surface area contributed by atoms with Crippen molar-refractivity contribution in [3.63, 3.8) is 0 Å². The van der Waals surface area contributed by atoms with Gasteiger partial charge < -0.3 is 33.8 Å². The molecule has 2 unspecified atom stereocenters. The van der Waals surface area contributed by atoms with E-state index in [1.807, 2.05) is 0 Å². The van der Waals surface area contributed by atoms with Crippen LogP contribution in [-0.2, 0) is 65.4 Å². The Hall–Kier alpha value is -1.94. The molecule has 0 amide bonds. The van der Waals surface area contributed by atoms with Crippen LogP contribution in [0.4, 0.5) is 0 Å². The van der Waals surface area contributed by atoms with E-state index >= 15 is 0 Å². The van der Waals surface area contributed by atoms with Crippen LogP contribution in [0.2, 0.25) is 0 Å². The lowest BCUT2D eigenvalue weighted by atomic mass is 10.0. The average molecular weight is 1410 g/mol. The number of phosphoric acid groups is 2. The van der Waals surface area contributed by atoms with E-state index in [1.165, 1.54) is 244 Å². The molecule has 0 aliphatic carbocycles. The van der Waals surface area contributed by atoms with Gasteiger partial charge in [0.15, 0.2) is 12.2 Å². The second-order valence-electron chi connectivity index (χ2n) is 27.7. The normalized spacial score (nSPS) is 13.9. The number of rotatable bonds is 78. The molecular weight excluding hydrogens is 1260 g/mol. The first-order valence-corrected chi connectivity index (χ1v) is 43.3. The van der Waals surface area contributed by atoms with Gasteiger partial charge in [0.1, 0.15) is 19.3 Å². The van der Waals surface area contributed by atoms with Crippen LogP contribution in [0, 0.1) is 0 Å². The van der Waals surface area contributed by atoms with Gasteiger partial charge in [-0.3, -0.25) is 37.3 Å². The summed E-state index contributed by atoms with van der Waals surface area (Å²) in [4.78, 5) is 72.9. The smallest absolute Gasteiger partial charge is 0.462 e. The number of ether oxygens (including phenoxy) is 4. The summed E-state index contributed by atoms with van der Waals surface area (Å²) in [5, 5.41) is 10.6. The molecule has 3 N–H and O–H groups in total. The summed E-state index contributed by atoms with van der Waals surface area (Å²) in [6.45, 7) is 5.01. The minimum Gasteiger partial charge on any atom is -0.462 e. The zero-order valence-electron chi connectivity index (χ0n) is 62.4. The van der Waals surface area contributed by atoms with Crippen molar-refractivity contribution in [2.75, 3.05) is 39.6 Å². The molecule has 0 aromatic rings. The van der Waals surface area contributed by atoms with Gasteiger partial charge in [-0.05, 0) is 25.7 Å². The number of unbranched alkanes of at least 4 members (excludes halogenated alkanes) is 52. The van der Waals surface area contributed by atoms with Crippen LogP contribution in [0.1, 0.15) is 413 Å². The Morgan fingerprint density at radius 1 is 0.250 bits per heavy atom. The summed E-state index contributed by atoms with van der Waals surface area (Å²) in [5.74, 6) is -2.11. The fourth-order valence-electron chi connectivity index (χ4n) is 11.9. The van der Waals surface area contributed by atoms with Gasteiger partial charge >= 0.3 is 39.5 Å². The molecular formula is C77H150O17P2. The summed E-state index contributed by atoms with van der Waals surface area (Å²) in [6.07, 6.45) is 62.1. The third-order valence-electron chi connectivity index (χ3n) is 18.1. The van der Waals surface area contributed by atoms with Crippen molar-refractivity contribution in [2.45, 2.75) is 431 Å². The molecule has 0 aromatic carbocycles. The molecule has 0 aliphatic rings. The topological polar surface area (TPSA) is 237 Å². The van der Waals surface area contributed by atoms with Gasteiger partial charge in [-0.1, -0.05) is 362 Å². The molecule has 570 valence electrons. The second-order valence-corrected chi connectivity index (χ2v) is 30.7. The molecule has 0 bridgehead atoms. The van der Waals surface area contributed by atoms with E-state index in [0.717, 1.165) is 89.9 Å². The minimum absolute atomic E-state index is 0.109. The van der Waals surface area contributed by atoms with Gasteiger partial charge in [-0.15, -0.1) is 0 Å². The number of carbonyl (C=O) groups is 4. The molecule has 0 aromatic heterocycles. The Morgan fingerprint density at radius 2 is 0.417 bits per heavy atom. The van der Waals surface area contributed by atoms with Crippen LogP contribution in [0.5, 0.6) is 0 Å². The van der Waals surface area contributed by atoms with Gasteiger partial charge in [0.2, 0.25) is 0 Å². The van der Waals surface area contributed by atoms with E-state index in [4.69, 9.17) is 37.0 Å². The van der Waals surface area contributed by atoms with Gasteiger partial charge in [0.05, 0.1) is 26.4 Å². The molecule has 19 heteroatoms. The number of aliphatic hydroxyl groups excluding tert-OH is 1. The lowest BCUT2D eigenvalue weighted by molar-refractivity contribution is -0.161. The summed E-state index contributed by atoms with van der Waals surface area (Å²) in [7, 11) is -9.91. The van der Waals surface area contributed by atoms with E-state index in [2.05, 4.69) is 27.7 Å². The van der Waals surface area contributed by atoms with Crippen molar-refractivity contribution < 1.29 is 80.2 Å². The quantitative estimate of drug-likeness (QED) is 0.0222. The van der Waals surface area contributed by atoms with Gasteiger partial charge in [0.25, 0.3) is 0 Å². The van der Waals surface area contributed by atoms with Crippen LogP contribution in [0.3, 0.4) is 0 Å². The molecule has 5 atom stereocenters. The molecule has 0 saturated heterocycles. The third kappa shape index (κ3) is 70.5. The number of hydrogen-bond acceptors (Lipinski definition) is 15. The molecule has 0 saturated carbocycles. The SMILES string of the molecule is CCCCCCCCCCCCCCCCCC(=O)OC[C@H](COP(=O)(O)OC[C@@H](O)COP(=O)(O)OC[C@@H](COC(=O)CCCCCCCCCCCCCC)OC(=O)CCCCCCCCCCCCCCCC)OC(=O)CCCCCCCCCCCCCCCCC. The first-order valence-electron chi connectivity index (χ1n) is 40.3. The van der Waals surface area contributed by atoms with Crippen LogP contribution < -0.4 is 0 Å². The minimum atomic E-state index is -4.96. The molecule has 0 heterocycles. The number of carbonyl (C=O) groups excluding carboxylic acids is 4. The number of hydrogen-bond donors (Lipinski definition) is 3. The van der Waals surface area contributed by atoms with Crippen LogP contribution in [0.15, 0.2) is 0 Å². The van der Waals surface area contributed by atoms with E-state index in [9.17, 15) is 43.2 Å². The number of esters is 4. The van der Waals surface area contributed by atoms with Crippen molar-refractivity contribution in [1.29, 1.82) is 0 Å². The highest BCUT2D eigenvalue weighted by Crippen LogP contribution is 2.45. The maximum absolute atomic E-state index is 13.1. The van der Waals surface area contributed by atoms with E-state index < -0.39 is 97.5 Å². The molecule has 17 nitrogen and oxygen atoms in total. The van der Waals surface area contributed by atoms with Gasteiger partial charge in [-0.2, -0.15) is 0 Å². The molecule has 0 spiro atoms. The molecule has 0 fully saturated rings. The van der Waals surface area contributed by atoms with Crippen molar-refractivity contribution in [1.82, 2.24) is 0 Å². The van der Waals surface area contributed by atoms with E-state index in [1.54, 1.807) is 0 Å². The zero-order chi connectivity index (χ0) is 70.4. The van der Waals surface area contributed by atoms with Crippen molar-refractivity contribution in [2.24, 2.45) is 0 Å². The summed E-state index contributed by atoms with van der Waals surface area (Å²) < 4.78 is 68.6. The highest BCUT2D eigenvalue weighted by atomic mass is 31.2. The van der Waals surface area contributed by atoms with Crippen molar-refractivity contribution in [3.8, 4) is 0 Å². The summed E-state index contributed by atoms with van der Waals surface area (Å²) in [6, 6.07) is 0. The lowest BCUT2D eigenvalue weighted by Crippen LogP contribution is -2.30. The second kappa shape index (κ2) is 71.5. The maximum Gasteiger partial charge on any atom is 0.472 e. The monoisotopic (exact) mass is 1410 g/mol. The predicted molar refractivity (Wildman–Crippen MR) is 391 cm³/mol. The molecule has 0 radical (unpaired) electrons. The Bertz CT molecular complexity index is 1830. The third-order valence-corrected chi connectivity index (χ3v) is 20.0. The van der Waals surface area contributed by atoms with Crippen LogP contribution in [-0.4, -0.2) is 96.7 Å². The Labute approximate surface area is 588 Å². The molecule has 0 aliphatic heterocycles. The first kappa shape index (κ1) is 94.1. The number of aliphatic hydroxyl groups is 1. The highest BCUT2D eigenvalue weighted by molar-refractivity contribution is 7.47. The van der Waals surface area contributed by atoms with Gasteiger partial charge in [0, 0.05) is 25.7 Å². The van der Waals surface area contributed by atoms with Crippen molar-refractivity contribution >= 4 is 39.5 Å². The fraction of sp³-hybridized carbons (Fsp3) is 0.948.